The molecular formula is C32H29N2O2S3+. The van der Waals surface area contributed by atoms with Crippen molar-refractivity contribution in [1.82, 2.24) is 0 Å². The van der Waals surface area contributed by atoms with Crippen LogP contribution in [0.1, 0.15) is 24.3 Å². The van der Waals surface area contributed by atoms with Crippen molar-refractivity contribution >= 4 is 54.9 Å². The molecule has 2 heterocycles. The van der Waals surface area contributed by atoms with Crippen molar-refractivity contribution in [3.05, 3.63) is 123 Å². The molecule has 4 nitrogen and oxygen atoms in total. The summed E-state index contributed by atoms with van der Waals surface area (Å²) in [6.45, 7) is 0. The molecule has 7 heteroatoms. The summed E-state index contributed by atoms with van der Waals surface area (Å²) in [5.74, 6) is 0. The van der Waals surface area contributed by atoms with E-state index in [4.69, 9.17) is 0 Å². The molecule has 1 aliphatic heterocycles. The topological polar surface area (TPSA) is 41.3 Å². The molecule has 2 aliphatic rings. The van der Waals surface area contributed by atoms with Gasteiger partial charge in [-0.3, -0.25) is 0 Å². The molecule has 1 aromatic heterocycles. The zero-order valence-electron chi connectivity index (χ0n) is 21.9. The molecule has 1 aliphatic carbocycles. The quantitative estimate of drug-likeness (QED) is 0.231. The van der Waals surface area contributed by atoms with Crippen LogP contribution in [0.25, 0.3) is 16.3 Å². The standard InChI is InChI=1S/C32H29N2O2S3/c1-33-26-15-6-8-17-28(26)37-30(33)21-19-23-11-10-12-24(32(23)39(35,36)25-13-4-3-5-14-25)20-22-31-34(2)27-16-7-9-18-29(27)38-31/h3-9,13-22H,10-12H2,1-2H3/q+1. The second-order valence-corrected chi connectivity index (χ2v) is 13.7. The highest BCUT2D eigenvalue weighted by atomic mass is 32.2. The number of aromatic nitrogens is 1. The fraction of sp³-hybridized carbons (Fsp3) is 0.156. The number of thioether (sulfide) groups is 1. The molecule has 3 aromatic carbocycles. The highest BCUT2D eigenvalue weighted by Gasteiger charge is 2.29. The smallest absolute Gasteiger partial charge is 0.262 e. The summed E-state index contributed by atoms with van der Waals surface area (Å²) in [7, 11) is 0.407. The Bertz CT molecular complexity index is 1800. The molecule has 4 aromatic rings. The lowest BCUT2D eigenvalue weighted by Crippen LogP contribution is -2.28. The number of thiazole rings is 1. The fourth-order valence-electron chi connectivity index (χ4n) is 5.16. The minimum Gasteiger partial charge on any atom is -0.338 e. The number of rotatable bonds is 5. The van der Waals surface area contributed by atoms with Crippen LogP contribution in [0.3, 0.4) is 0 Å². The first-order chi connectivity index (χ1) is 18.9. The Labute approximate surface area is 238 Å². The van der Waals surface area contributed by atoms with Gasteiger partial charge in [-0.05, 0) is 66.8 Å². The number of fused-ring (bicyclic) bond motifs is 2. The van der Waals surface area contributed by atoms with Crippen LogP contribution in [0.4, 0.5) is 5.69 Å². The first-order valence-corrected chi connectivity index (χ1v) is 16.1. The van der Waals surface area contributed by atoms with Crippen LogP contribution in [0.5, 0.6) is 0 Å². The lowest BCUT2D eigenvalue weighted by molar-refractivity contribution is -0.642. The van der Waals surface area contributed by atoms with E-state index in [-0.39, 0.29) is 0 Å². The molecule has 0 N–H and O–H groups in total. The van der Waals surface area contributed by atoms with E-state index in [1.54, 1.807) is 47.4 Å². The van der Waals surface area contributed by atoms with Crippen molar-refractivity contribution in [3.8, 4) is 0 Å². The van der Waals surface area contributed by atoms with Gasteiger partial charge in [0, 0.05) is 24.1 Å². The molecule has 6 rings (SSSR count). The van der Waals surface area contributed by atoms with Crippen LogP contribution >= 0.6 is 23.1 Å². The predicted molar refractivity (Wildman–Crippen MR) is 163 cm³/mol. The number of anilines is 1. The minimum absolute atomic E-state index is 0.332. The third kappa shape index (κ3) is 4.91. The van der Waals surface area contributed by atoms with Crippen molar-refractivity contribution < 1.29 is 13.0 Å². The normalized spacial score (nSPS) is 18.2. The van der Waals surface area contributed by atoms with E-state index in [0.717, 1.165) is 40.4 Å². The van der Waals surface area contributed by atoms with E-state index in [1.807, 2.05) is 42.5 Å². The summed E-state index contributed by atoms with van der Waals surface area (Å²) < 4.78 is 31.6. The Morgan fingerprint density at radius 3 is 2.41 bits per heavy atom. The van der Waals surface area contributed by atoms with Crippen LogP contribution < -0.4 is 9.47 Å². The maximum Gasteiger partial charge on any atom is 0.262 e. The third-order valence-electron chi connectivity index (χ3n) is 7.20. The number of nitrogens with zero attached hydrogens (tertiary/aromatic N) is 2. The van der Waals surface area contributed by atoms with Gasteiger partial charge < -0.3 is 4.90 Å². The summed E-state index contributed by atoms with van der Waals surface area (Å²) in [4.78, 5) is 4.15. The van der Waals surface area contributed by atoms with Gasteiger partial charge in [0.25, 0.3) is 5.01 Å². The van der Waals surface area contributed by atoms with Gasteiger partial charge in [0.2, 0.25) is 15.4 Å². The van der Waals surface area contributed by atoms with Gasteiger partial charge in [0.15, 0.2) is 0 Å². The molecule has 0 unspecified atom stereocenters. The summed E-state index contributed by atoms with van der Waals surface area (Å²) in [5.41, 5.74) is 4.07. The van der Waals surface area contributed by atoms with Gasteiger partial charge in [-0.15, -0.1) is 0 Å². The fourth-order valence-corrected chi connectivity index (χ4v) is 9.05. The summed E-state index contributed by atoms with van der Waals surface area (Å²) >= 11 is 3.42. The molecule has 0 bridgehead atoms. The Morgan fingerprint density at radius 1 is 0.872 bits per heavy atom. The van der Waals surface area contributed by atoms with Gasteiger partial charge >= 0.3 is 0 Å². The summed E-state index contributed by atoms with van der Waals surface area (Å²) in [5, 5.41) is 2.17. The van der Waals surface area contributed by atoms with Crippen LogP contribution in [-0.2, 0) is 16.9 Å². The van der Waals surface area contributed by atoms with E-state index in [1.165, 1.54) is 20.8 Å². The summed E-state index contributed by atoms with van der Waals surface area (Å²) in [6.07, 6.45) is 10.5. The number of sulfone groups is 1. The zero-order valence-corrected chi connectivity index (χ0v) is 24.3. The average Bonchev–Trinajstić information content (AvgIpc) is 3.47. The second kappa shape index (κ2) is 10.6. The van der Waals surface area contributed by atoms with Crippen LogP contribution in [0.15, 0.2) is 128 Å². The third-order valence-corrected chi connectivity index (χ3v) is 11.5. The Hall–Kier alpha value is -3.39. The van der Waals surface area contributed by atoms with Gasteiger partial charge in [0.05, 0.1) is 20.5 Å². The van der Waals surface area contributed by atoms with Crippen molar-refractivity contribution in [2.24, 2.45) is 7.05 Å². The lowest BCUT2D eigenvalue weighted by atomic mass is 9.94. The Balaban J connectivity index is 1.45. The molecule has 0 atom stereocenters. The van der Waals surface area contributed by atoms with Gasteiger partial charge in [-0.2, -0.15) is 4.57 Å². The van der Waals surface area contributed by atoms with Gasteiger partial charge in [-0.1, -0.05) is 77.7 Å². The zero-order chi connectivity index (χ0) is 27.0. The number of hydrogen-bond acceptors (Lipinski definition) is 5. The van der Waals surface area contributed by atoms with E-state index in [9.17, 15) is 8.42 Å². The van der Waals surface area contributed by atoms with E-state index >= 15 is 0 Å². The van der Waals surface area contributed by atoms with E-state index in [0.29, 0.717) is 9.80 Å². The molecule has 0 spiro atoms. The largest absolute Gasteiger partial charge is 0.338 e. The van der Waals surface area contributed by atoms with Crippen molar-refractivity contribution in [1.29, 1.82) is 0 Å². The molecule has 0 amide bonds. The number of para-hydroxylation sites is 2. The van der Waals surface area contributed by atoms with Crippen LogP contribution in [0.2, 0.25) is 0 Å². The average molecular weight is 570 g/mol. The second-order valence-electron chi connectivity index (χ2n) is 9.65. The van der Waals surface area contributed by atoms with Crippen molar-refractivity contribution in [2.75, 3.05) is 11.9 Å². The maximum atomic E-state index is 14.1. The summed E-state index contributed by atoms with van der Waals surface area (Å²) in [6, 6.07) is 25.4. The predicted octanol–water partition coefficient (Wildman–Crippen LogP) is 7.66. The highest BCUT2D eigenvalue weighted by Crippen LogP contribution is 2.45. The molecule has 39 heavy (non-hydrogen) atoms. The number of hydrogen-bond donors (Lipinski definition) is 0. The SMILES string of the molecule is CN1/C(=C/C=C2\CCCC(/C=C/c3sc4ccccc4[n+]3C)=C2S(=O)(=O)c2ccccc2)Sc2ccccc21. The Kier molecular flexibility index (Phi) is 7.06. The molecule has 0 saturated heterocycles. The Morgan fingerprint density at radius 2 is 1.62 bits per heavy atom. The number of benzene rings is 3. The molecule has 0 fully saturated rings. The van der Waals surface area contributed by atoms with E-state index in [2.05, 4.69) is 60.0 Å². The van der Waals surface area contributed by atoms with Gasteiger partial charge in [-0.25, -0.2) is 8.42 Å². The molecule has 0 radical (unpaired) electrons. The number of aryl methyl sites for hydroxylation is 1. The monoisotopic (exact) mass is 569 g/mol. The highest BCUT2D eigenvalue weighted by molar-refractivity contribution is 8.03. The molecule has 0 saturated carbocycles. The first-order valence-electron chi connectivity index (χ1n) is 12.9. The number of allylic oxidation sites excluding steroid dienone is 5. The minimum atomic E-state index is -3.71. The molecule has 196 valence electrons. The van der Waals surface area contributed by atoms with Crippen molar-refractivity contribution in [3.63, 3.8) is 0 Å². The first kappa shape index (κ1) is 25.9. The van der Waals surface area contributed by atoms with Crippen LogP contribution in [-0.4, -0.2) is 15.5 Å². The van der Waals surface area contributed by atoms with Crippen LogP contribution in [0, 0.1) is 0 Å². The maximum absolute atomic E-state index is 14.1. The lowest BCUT2D eigenvalue weighted by Gasteiger charge is -2.22. The van der Waals surface area contributed by atoms with Crippen molar-refractivity contribution in [2.45, 2.75) is 29.1 Å². The van der Waals surface area contributed by atoms with E-state index < -0.39 is 9.84 Å². The van der Waals surface area contributed by atoms with Gasteiger partial charge in [0.1, 0.15) is 11.7 Å². The molecular weight excluding hydrogens is 541 g/mol.